The van der Waals surface area contributed by atoms with Gasteiger partial charge in [0.25, 0.3) is 0 Å². The van der Waals surface area contributed by atoms with Crippen LogP contribution in [-0.2, 0) is 15.0 Å². The highest BCUT2D eigenvalue weighted by molar-refractivity contribution is 7.17. The zero-order valence-electron chi connectivity index (χ0n) is 20.1. The maximum absolute atomic E-state index is 12.8. The van der Waals surface area contributed by atoms with Gasteiger partial charge in [0.15, 0.2) is 0 Å². The van der Waals surface area contributed by atoms with Gasteiger partial charge in [-0.25, -0.2) is 0 Å². The SMILES string of the molecule is CC(=O)N1CCN(CC(=O)Nc2sc3c(c2C#N)C=C(C=Cc2sccc2C)CC3(C)C)CC1. The molecule has 2 aromatic rings. The second-order valence-electron chi connectivity index (χ2n) is 9.57. The minimum atomic E-state index is -0.128. The summed E-state index contributed by atoms with van der Waals surface area (Å²) in [5.41, 5.74) is 3.79. The van der Waals surface area contributed by atoms with Gasteiger partial charge in [0.05, 0.1) is 12.1 Å². The second-order valence-corrected chi connectivity index (χ2v) is 11.5. The number of nitriles is 1. The van der Waals surface area contributed by atoms with E-state index in [2.05, 4.69) is 61.8 Å². The first-order valence-corrected chi connectivity index (χ1v) is 13.2. The number of hydrogen-bond acceptors (Lipinski definition) is 6. The minimum Gasteiger partial charge on any atom is -0.340 e. The molecule has 34 heavy (non-hydrogen) atoms. The van der Waals surface area contributed by atoms with Crippen LogP contribution in [0.1, 0.15) is 53.6 Å². The van der Waals surface area contributed by atoms with E-state index in [-0.39, 0.29) is 23.8 Å². The molecule has 0 saturated carbocycles. The Balaban J connectivity index is 1.51. The number of rotatable bonds is 5. The Morgan fingerprint density at radius 3 is 2.59 bits per heavy atom. The summed E-state index contributed by atoms with van der Waals surface area (Å²) in [5, 5.41) is 15.7. The number of nitrogens with zero attached hydrogens (tertiary/aromatic N) is 3. The number of fused-ring (bicyclic) bond motifs is 1. The molecule has 1 saturated heterocycles. The van der Waals surface area contributed by atoms with Crippen LogP contribution >= 0.6 is 22.7 Å². The number of hydrogen-bond donors (Lipinski definition) is 1. The van der Waals surface area contributed by atoms with Crippen LogP contribution in [0.25, 0.3) is 12.2 Å². The van der Waals surface area contributed by atoms with Crippen LogP contribution in [0, 0.1) is 18.3 Å². The van der Waals surface area contributed by atoms with E-state index in [1.54, 1.807) is 23.2 Å². The molecule has 4 rings (SSSR count). The van der Waals surface area contributed by atoms with Crippen molar-refractivity contribution in [3.8, 4) is 6.07 Å². The van der Waals surface area contributed by atoms with Gasteiger partial charge in [-0.15, -0.1) is 22.7 Å². The quantitative estimate of drug-likeness (QED) is 0.643. The average molecular weight is 495 g/mol. The smallest absolute Gasteiger partial charge is 0.239 e. The molecule has 1 aliphatic carbocycles. The van der Waals surface area contributed by atoms with Crippen LogP contribution in [0.5, 0.6) is 0 Å². The summed E-state index contributed by atoms with van der Waals surface area (Å²) < 4.78 is 0. The van der Waals surface area contributed by atoms with Crippen molar-refractivity contribution in [2.75, 3.05) is 38.0 Å². The van der Waals surface area contributed by atoms with Crippen molar-refractivity contribution in [2.24, 2.45) is 0 Å². The molecule has 3 heterocycles. The van der Waals surface area contributed by atoms with Gasteiger partial charge in [-0.1, -0.05) is 19.9 Å². The molecular weight excluding hydrogens is 464 g/mol. The third-order valence-corrected chi connectivity index (χ3v) is 8.91. The van der Waals surface area contributed by atoms with E-state index in [0.29, 0.717) is 36.7 Å². The fourth-order valence-electron chi connectivity index (χ4n) is 4.55. The van der Waals surface area contributed by atoms with Crippen molar-refractivity contribution in [1.29, 1.82) is 5.26 Å². The Hall–Kier alpha value is -2.73. The molecule has 2 amide bonds. The molecule has 2 aromatic heterocycles. The van der Waals surface area contributed by atoms with E-state index < -0.39 is 0 Å². The zero-order valence-corrected chi connectivity index (χ0v) is 21.7. The number of anilines is 1. The van der Waals surface area contributed by atoms with Gasteiger partial charge >= 0.3 is 0 Å². The fourth-order valence-corrected chi connectivity index (χ4v) is 6.61. The summed E-state index contributed by atoms with van der Waals surface area (Å²) in [6, 6.07) is 4.46. The van der Waals surface area contributed by atoms with Crippen LogP contribution in [0.15, 0.2) is 23.1 Å². The molecule has 1 aliphatic heterocycles. The zero-order chi connectivity index (χ0) is 24.5. The molecular formula is C26H30N4O2S2. The van der Waals surface area contributed by atoms with E-state index in [9.17, 15) is 14.9 Å². The van der Waals surface area contributed by atoms with Crippen LogP contribution in [-0.4, -0.2) is 54.3 Å². The van der Waals surface area contributed by atoms with E-state index in [0.717, 1.165) is 16.9 Å². The largest absolute Gasteiger partial charge is 0.340 e. The van der Waals surface area contributed by atoms with Gasteiger partial charge in [-0.3, -0.25) is 14.5 Å². The summed E-state index contributed by atoms with van der Waals surface area (Å²) in [6.45, 7) is 11.0. The lowest BCUT2D eigenvalue weighted by molar-refractivity contribution is -0.130. The maximum atomic E-state index is 12.8. The van der Waals surface area contributed by atoms with E-state index in [1.807, 2.05) is 4.90 Å². The molecule has 0 atom stereocenters. The third kappa shape index (κ3) is 5.17. The van der Waals surface area contributed by atoms with Gasteiger partial charge in [-0.05, 0) is 48.1 Å². The molecule has 2 aliphatic rings. The molecule has 1 N–H and O–H groups in total. The van der Waals surface area contributed by atoms with Crippen LogP contribution in [0.3, 0.4) is 0 Å². The highest BCUT2D eigenvalue weighted by atomic mass is 32.1. The van der Waals surface area contributed by atoms with Crippen LogP contribution in [0.4, 0.5) is 5.00 Å². The first-order valence-electron chi connectivity index (χ1n) is 11.5. The Bertz CT molecular complexity index is 1200. The third-order valence-electron chi connectivity index (χ3n) is 6.44. The van der Waals surface area contributed by atoms with E-state index in [4.69, 9.17) is 0 Å². The maximum Gasteiger partial charge on any atom is 0.239 e. The Kier molecular flexibility index (Phi) is 7.08. The minimum absolute atomic E-state index is 0.0716. The van der Waals surface area contributed by atoms with Crippen LogP contribution in [0.2, 0.25) is 0 Å². The number of piperazine rings is 1. The summed E-state index contributed by atoms with van der Waals surface area (Å²) >= 11 is 3.24. The summed E-state index contributed by atoms with van der Waals surface area (Å²) in [5.74, 6) is -0.0521. The summed E-state index contributed by atoms with van der Waals surface area (Å²) in [7, 11) is 0. The van der Waals surface area contributed by atoms with Crippen LogP contribution < -0.4 is 5.32 Å². The normalized spacial score (nSPS) is 17.9. The first kappa shape index (κ1) is 24.4. The second kappa shape index (κ2) is 9.87. The topological polar surface area (TPSA) is 76.4 Å². The Labute approximate surface area is 209 Å². The number of amides is 2. The Morgan fingerprint density at radius 1 is 1.24 bits per heavy atom. The predicted molar refractivity (Wildman–Crippen MR) is 140 cm³/mol. The molecule has 1 fully saturated rings. The van der Waals surface area contributed by atoms with Crippen molar-refractivity contribution in [1.82, 2.24) is 9.80 Å². The standard InChI is InChI=1S/C26H30N4O2S2/c1-17-7-12-33-22(17)6-5-19-13-20-21(15-27)25(34-24(20)26(3,4)14-19)28-23(32)16-29-8-10-30(11-9-29)18(2)31/h5-7,12-13H,8-11,14,16H2,1-4H3,(H,28,32). The van der Waals surface area contributed by atoms with Crippen molar-refractivity contribution in [3.63, 3.8) is 0 Å². The van der Waals surface area contributed by atoms with Gasteiger partial charge < -0.3 is 10.2 Å². The van der Waals surface area contributed by atoms with Crippen molar-refractivity contribution >= 4 is 51.6 Å². The molecule has 0 spiro atoms. The number of allylic oxidation sites excluding steroid dienone is 2. The molecule has 6 nitrogen and oxygen atoms in total. The lowest BCUT2D eigenvalue weighted by Crippen LogP contribution is -2.49. The van der Waals surface area contributed by atoms with Gasteiger partial charge in [0, 0.05) is 53.8 Å². The lowest BCUT2D eigenvalue weighted by Gasteiger charge is -2.33. The predicted octanol–water partition coefficient (Wildman–Crippen LogP) is 4.87. The summed E-state index contributed by atoms with van der Waals surface area (Å²) in [4.78, 5) is 30.6. The van der Waals surface area contributed by atoms with E-state index in [1.165, 1.54) is 27.4 Å². The monoisotopic (exact) mass is 494 g/mol. The van der Waals surface area contributed by atoms with E-state index >= 15 is 0 Å². The molecule has 8 heteroatoms. The van der Waals surface area contributed by atoms with Gasteiger partial charge in [-0.2, -0.15) is 5.26 Å². The fraction of sp³-hybridized carbons (Fsp3) is 0.423. The van der Waals surface area contributed by atoms with Gasteiger partial charge in [0.1, 0.15) is 11.1 Å². The van der Waals surface area contributed by atoms with Crippen molar-refractivity contribution in [3.05, 3.63) is 49.5 Å². The lowest BCUT2D eigenvalue weighted by atomic mass is 9.77. The summed E-state index contributed by atoms with van der Waals surface area (Å²) in [6.07, 6.45) is 7.28. The number of carbonyl (C=O) groups is 2. The van der Waals surface area contributed by atoms with Crippen molar-refractivity contribution in [2.45, 2.75) is 39.5 Å². The number of carbonyl (C=O) groups excluding carboxylic acids is 2. The highest BCUT2D eigenvalue weighted by Crippen LogP contribution is 2.47. The highest BCUT2D eigenvalue weighted by Gasteiger charge is 2.33. The molecule has 0 aromatic carbocycles. The molecule has 178 valence electrons. The number of aryl methyl sites for hydroxylation is 1. The molecule has 0 radical (unpaired) electrons. The number of nitrogens with one attached hydrogen (secondary N) is 1. The van der Waals surface area contributed by atoms with Gasteiger partial charge in [0.2, 0.25) is 11.8 Å². The van der Waals surface area contributed by atoms with Crippen molar-refractivity contribution < 1.29 is 9.59 Å². The average Bonchev–Trinajstić information content (AvgIpc) is 3.35. The number of thiophene rings is 2. The Morgan fingerprint density at radius 2 is 1.97 bits per heavy atom. The molecule has 0 unspecified atom stereocenters. The molecule has 0 bridgehead atoms. The first-order chi connectivity index (χ1) is 16.2.